The van der Waals surface area contributed by atoms with Gasteiger partial charge in [0.05, 0.1) is 24.7 Å². The van der Waals surface area contributed by atoms with E-state index in [4.69, 9.17) is 9.47 Å². The van der Waals surface area contributed by atoms with Crippen molar-refractivity contribution in [2.45, 2.75) is 97.8 Å². The molecule has 0 aromatic rings. The second-order valence-corrected chi connectivity index (χ2v) is 8.57. The summed E-state index contributed by atoms with van der Waals surface area (Å²) in [6, 6.07) is -0.0217. The molecule has 0 spiro atoms. The van der Waals surface area contributed by atoms with Crippen molar-refractivity contribution >= 4 is 11.7 Å². The molecule has 0 aromatic heterocycles. The highest BCUT2D eigenvalue weighted by atomic mass is 16.5. The normalized spacial score (nSPS) is 22.5. The second-order valence-electron chi connectivity index (χ2n) is 8.57. The average molecular weight is 398 g/mol. The largest absolute Gasteiger partial charge is 0.381 e. The van der Waals surface area contributed by atoms with Crippen LogP contribution in [0.25, 0.3) is 0 Å². The third kappa shape index (κ3) is 6.55. The minimum Gasteiger partial charge on any atom is -0.381 e. The maximum Gasteiger partial charge on any atom is 0.225 e. The molecule has 1 fully saturated rings. The molecular formula is C23H43NO4. The molecule has 1 aliphatic rings. The van der Waals surface area contributed by atoms with Gasteiger partial charge in [-0.05, 0) is 38.0 Å². The Morgan fingerprint density at radius 3 is 2.32 bits per heavy atom. The Hall–Kier alpha value is -0.940. The standard InChI is InChI=1S/C23H43NO4/c1-8-10-12-19(16(3)9-2)21(27-6)15-22(26)24-14-11-13-20(24)23(28-7)17(4)18(5)25/h16-17,19-21,23H,8-15H2,1-7H3/t16-,17-,19-,20-,21+,23+/m0/s1. The van der Waals surface area contributed by atoms with Crippen LogP contribution in [-0.4, -0.2) is 55.6 Å². The predicted octanol–water partition coefficient (Wildman–Crippen LogP) is 4.48. The Bertz CT molecular complexity index is 481. The lowest BCUT2D eigenvalue weighted by Crippen LogP contribution is -2.48. The van der Waals surface area contributed by atoms with Crippen LogP contribution in [0.3, 0.4) is 0 Å². The zero-order chi connectivity index (χ0) is 21.3. The fraction of sp³-hybridized carbons (Fsp3) is 0.913. The number of rotatable bonds is 13. The number of unbranched alkanes of at least 4 members (excludes halogenated alkanes) is 1. The van der Waals surface area contributed by atoms with Crippen molar-refractivity contribution in [2.24, 2.45) is 17.8 Å². The van der Waals surface area contributed by atoms with Gasteiger partial charge in [-0.2, -0.15) is 0 Å². The van der Waals surface area contributed by atoms with Crippen LogP contribution in [0.1, 0.15) is 79.6 Å². The molecule has 0 aromatic carbocycles. The molecule has 0 saturated carbocycles. The summed E-state index contributed by atoms with van der Waals surface area (Å²) in [5.41, 5.74) is 0. The summed E-state index contributed by atoms with van der Waals surface area (Å²) in [4.78, 5) is 27.1. The second kappa shape index (κ2) is 12.6. The lowest BCUT2D eigenvalue weighted by atomic mass is 9.81. The quantitative estimate of drug-likeness (QED) is 0.460. The van der Waals surface area contributed by atoms with Gasteiger partial charge in [-0.1, -0.05) is 47.0 Å². The van der Waals surface area contributed by atoms with Crippen molar-refractivity contribution in [1.29, 1.82) is 0 Å². The van der Waals surface area contributed by atoms with Crippen molar-refractivity contribution in [3.05, 3.63) is 0 Å². The number of amides is 1. The van der Waals surface area contributed by atoms with Crippen molar-refractivity contribution < 1.29 is 19.1 Å². The van der Waals surface area contributed by atoms with Crippen LogP contribution in [-0.2, 0) is 19.1 Å². The van der Waals surface area contributed by atoms with E-state index in [1.54, 1.807) is 21.1 Å². The summed E-state index contributed by atoms with van der Waals surface area (Å²) in [5.74, 6) is 0.964. The Morgan fingerprint density at radius 1 is 1.14 bits per heavy atom. The molecule has 5 nitrogen and oxygen atoms in total. The predicted molar refractivity (Wildman–Crippen MR) is 113 cm³/mol. The van der Waals surface area contributed by atoms with E-state index in [0.29, 0.717) is 18.3 Å². The van der Waals surface area contributed by atoms with E-state index in [9.17, 15) is 9.59 Å². The maximum atomic E-state index is 13.2. The van der Waals surface area contributed by atoms with Crippen molar-refractivity contribution in [3.63, 3.8) is 0 Å². The monoisotopic (exact) mass is 397 g/mol. The minimum absolute atomic E-state index is 0.0217. The van der Waals surface area contributed by atoms with Crippen LogP contribution in [0.5, 0.6) is 0 Å². The first-order valence-electron chi connectivity index (χ1n) is 11.2. The maximum absolute atomic E-state index is 13.2. The molecule has 0 radical (unpaired) electrons. The van der Waals surface area contributed by atoms with Crippen molar-refractivity contribution in [1.82, 2.24) is 4.90 Å². The summed E-state index contributed by atoms with van der Waals surface area (Å²) in [7, 11) is 3.38. The molecule has 1 heterocycles. The van der Waals surface area contributed by atoms with Crippen LogP contribution >= 0.6 is 0 Å². The first-order valence-corrected chi connectivity index (χ1v) is 11.2. The average Bonchev–Trinajstić information content (AvgIpc) is 3.16. The lowest BCUT2D eigenvalue weighted by molar-refractivity contribution is -0.141. The Morgan fingerprint density at radius 2 is 1.82 bits per heavy atom. The van der Waals surface area contributed by atoms with Crippen LogP contribution in [0.4, 0.5) is 0 Å². The van der Waals surface area contributed by atoms with Crippen LogP contribution < -0.4 is 0 Å². The Kier molecular flexibility index (Phi) is 11.3. The van der Waals surface area contributed by atoms with Gasteiger partial charge in [0.25, 0.3) is 0 Å². The Balaban J connectivity index is 2.90. The highest BCUT2D eigenvalue weighted by Gasteiger charge is 2.40. The van der Waals surface area contributed by atoms with E-state index in [1.165, 1.54) is 0 Å². The number of carbonyl (C=O) groups excluding carboxylic acids is 2. The fourth-order valence-electron chi connectivity index (χ4n) is 4.65. The summed E-state index contributed by atoms with van der Waals surface area (Å²) >= 11 is 0. The van der Waals surface area contributed by atoms with Gasteiger partial charge in [0.15, 0.2) is 0 Å². The number of hydrogen-bond donors (Lipinski definition) is 0. The molecule has 0 N–H and O–H groups in total. The number of ketones is 1. The molecule has 0 bridgehead atoms. The molecule has 0 aliphatic carbocycles. The molecule has 1 rings (SSSR count). The van der Waals surface area contributed by atoms with Gasteiger partial charge in [-0.25, -0.2) is 0 Å². The number of hydrogen-bond acceptors (Lipinski definition) is 4. The minimum atomic E-state index is -0.240. The van der Waals surface area contributed by atoms with E-state index in [-0.39, 0.29) is 35.9 Å². The molecule has 28 heavy (non-hydrogen) atoms. The van der Waals surface area contributed by atoms with E-state index >= 15 is 0 Å². The van der Waals surface area contributed by atoms with Crippen molar-refractivity contribution in [2.75, 3.05) is 20.8 Å². The zero-order valence-corrected chi connectivity index (χ0v) is 19.2. The SMILES string of the molecule is CCCC[C@@H]([C@@H](C)CC)[C@@H](CC(=O)N1CCC[C@H]1[C@H](OC)[C@@H](C)C(C)=O)OC. The zero-order valence-electron chi connectivity index (χ0n) is 19.2. The summed E-state index contributed by atoms with van der Waals surface area (Å²) in [6.45, 7) is 10.9. The molecular weight excluding hydrogens is 354 g/mol. The van der Waals surface area contributed by atoms with E-state index < -0.39 is 0 Å². The number of Topliss-reactive ketones (excluding diaryl/α,β-unsaturated/α-hetero) is 1. The topological polar surface area (TPSA) is 55.8 Å². The Labute approximate surface area is 172 Å². The number of likely N-dealkylation sites (tertiary alicyclic amines) is 1. The van der Waals surface area contributed by atoms with Gasteiger partial charge in [0.2, 0.25) is 5.91 Å². The van der Waals surface area contributed by atoms with E-state index in [2.05, 4.69) is 20.8 Å². The molecule has 164 valence electrons. The van der Waals surface area contributed by atoms with Gasteiger partial charge in [-0.15, -0.1) is 0 Å². The first-order chi connectivity index (χ1) is 13.3. The van der Waals surface area contributed by atoms with E-state index in [0.717, 1.165) is 45.1 Å². The van der Waals surface area contributed by atoms with Gasteiger partial charge in [0, 0.05) is 26.7 Å². The van der Waals surface area contributed by atoms with Crippen molar-refractivity contribution in [3.8, 4) is 0 Å². The van der Waals surface area contributed by atoms with Gasteiger partial charge >= 0.3 is 0 Å². The lowest BCUT2D eigenvalue weighted by Gasteiger charge is -2.36. The molecule has 0 unspecified atom stereocenters. The highest BCUT2D eigenvalue weighted by molar-refractivity contribution is 5.80. The number of methoxy groups -OCH3 is 2. The molecule has 5 heteroatoms. The summed E-state index contributed by atoms with van der Waals surface area (Å²) in [6.07, 6.45) is 6.49. The third-order valence-corrected chi connectivity index (χ3v) is 6.83. The van der Waals surface area contributed by atoms with Gasteiger partial charge in [0.1, 0.15) is 5.78 Å². The van der Waals surface area contributed by atoms with Crippen LogP contribution in [0, 0.1) is 17.8 Å². The fourth-order valence-corrected chi connectivity index (χ4v) is 4.65. The third-order valence-electron chi connectivity index (χ3n) is 6.83. The smallest absolute Gasteiger partial charge is 0.225 e. The number of ether oxygens (including phenoxy) is 2. The van der Waals surface area contributed by atoms with E-state index in [1.807, 2.05) is 11.8 Å². The molecule has 1 amide bonds. The number of nitrogens with zero attached hydrogens (tertiary/aromatic N) is 1. The first kappa shape index (κ1) is 25.1. The summed E-state index contributed by atoms with van der Waals surface area (Å²) in [5, 5.41) is 0. The van der Waals surface area contributed by atoms with Gasteiger partial charge in [-0.3, -0.25) is 9.59 Å². The molecule has 1 saturated heterocycles. The number of carbonyl (C=O) groups is 2. The summed E-state index contributed by atoms with van der Waals surface area (Å²) < 4.78 is 11.5. The molecule has 1 aliphatic heterocycles. The molecule has 6 atom stereocenters. The highest BCUT2D eigenvalue weighted by Crippen LogP contribution is 2.31. The van der Waals surface area contributed by atoms with Crippen LogP contribution in [0.2, 0.25) is 0 Å². The van der Waals surface area contributed by atoms with Gasteiger partial charge < -0.3 is 14.4 Å². The van der Waals surface area contributed by atoms with Crippen LogP contribution in [0.15, 0.2) is 0 Å².